The minimum absolute atomic E-state index is 0.0838. The summed E-state index contributed by atoms with van der Waals surface area (Å²) in [7, 11) is 1.87. The van der Waals surface area contributed by atoms with Gasteiger partial charge in [-0.15, -0.1) is 11.3 Å². The van der Waals surface area contributed by atoms with Gasteiger partial charge >= 0.3 is 0 Å². The number of benzene rings is 1. The van der Waals surface area contributed by atoms with Crippen molar-refractivity contribution in [1.29, 1.82) is 0 Å². The Kier molecular flexibility index (Phi) is 5.05. The van der Waals surface area contributed by atoms with Crippen molar-refractivity contribution in [2.24, 2.45) is 7.05 Å². The van der Waals surface area contributed by atoms with E-state index in [4.69, 9.17) is 4.98 Å². The number of aromatic nitrogens is 3. The molecule has 4 aromatic rings. The Hall–Kier alpha value is -3.46. The molecule has 164 valence electrons. The number of thiophene rings is 1. The fraction of sp³-hybridized carbons (Fsp3) is 0.304. The number of nitrogens with one attached hydrogen (secondary N) is 2. The van der Waals surface area contributed by atoms with Crippen LogP contribution in [0.4, 0.5) is 0 Å². The minimum atomic E-state index is -0.460. The molecule has 0 unspecified atom stereocenters. The smallest absolute Gasteiger partial charge is 0.280 e. The maximum atomic E-state index is 13.1. The number of hydrogen-bond acceptors (Lipinski definition) is 5. The number of carbonyl (C=O) groups is 2. The Bertz CT molecular complexity index is 1450. The standard InChI is InChI=1S/C23H23N5O3S/c1-13-18-22(24-17-10-4-3-7-11-28(17)23(18)31)32-19(13)21(30)26-25-20(29)15-12-27(2)16-9-6-5-8-14(15)16/h5-6,8-9,12H,3-4,7,10-11H2,1-2H3,(H,25,29)(H,26,30). The topological polar surface area (TPSA) is 98.0 Å². The summed E-state index contributed by atoms with van der Waals surface area (Å²) in [5.74, 6) is -0.0741. The lowest BCUT2D eigenvalue weighted by Gasteiger charge is -2.08. The highest BCUT2D eigenvalue weighted by atomic mass is 32.1. The van der Waals surface area contributed by atoms with Gasteiger partial charge in [-0.1, -0.05) is 24.6 Å². The van der Waals surface area contributed by atoms with Gasteiger partial charge in [-0.2, -0.15) is 0 Å². The third-order valence-electron chi connectivity index (χ3n) is 6.05. The van der Waals surface area contributed by atoms with E-state index in [2.05, 4.69) is 10.9 Å². The van der Waals surface area contributed by atoms with Crippen LogP contribution in [-0.4, -0.2) is 25.9 Å². The Morgan fingerprint density at radius 2 is 1.88 bits per heavy atom. The van der Waals surface area contributed by atoms with Gasteiger partial charge in [-0.05, 0) is 31.4 Å². The van der Waals surface area contributed by atoms with Crippen LogP contribution in [0.1, 0.15) is 50.7 Å². The maximum absolute atomic E-state index is 13.1. The van der Waals surface area contributed by atoms with Crippen molar-refractivity contribution in [1.82, 2.24) is 25.0 Å². The maximum Gasteiger partial charge on any atom is 0.280 e. The number of rotatable bonds is 2. The predicted molar refractivity (Wildman–Crippen MR) is 124 cm³/mol. The van der Waals surface area contributed by atoms with Gasteiger partial charge in [0.25, 0.3) is 17.4 Å². The van der Waals surface area contributed by atoms with Crippen molar-refractivity contribution in [3.05, 3.63) is 62.6 Å². The molecule has 4 heterocycles. The van der Waals surface area contributed by atoms with Gasteiger partial charge < -0.3 is 4.57 Å². The van der Waals surface area contributed by atoms with Gasteiger partial charge in [0.05, 0.1) is 15.8 Å². The highest BCUT2D eigenvalue weighted by Gasteiger charge is 2.23. The molecule has 2 N–H and O–H groups in total. The van der Waals surface area contributed by atoms with Crippen LogP contribution in [0.25, 0.3) is 21.1 Å². The molecule has 0 bridgehead atoms. The van der Waals surface area contributed by atoms with Crippen LogP contribution in [0, 0.1) is 6.92 Å². The Morgan fingerprint density at radius 1 is 1.09 bits per heavy atom. The SMILES string of the molecule is Cc1c(C(=O)NNC(=O)c2cn(C)c3ccccc23)sc2nc3n(c(=O)c12)CCCCC3. The first-order valence-electron chi connectivity index (χ1n) is 10.6. The van der Waals surface area contributed by atoms with Crippen LogP contribution in [0.15, 0.2) is 35.3 Å². The number of fused-ring (bicyclic) bond motifs is 3. The number of para-hydroxylation sites is 1. The first-order valence-corrected chi connectivity index (χ1v) is 11.4. The monoisotopic (exact) mass is 449 g/mol. The number of hydrazine groups is 1. The summed E-state index contributed by atoms with van der Waals surface area (Å²) in [4.78, 5) is 44.3. The van der Waals surface area contributed by atoms with E-state index >= 15 is 0 Å². The zero-order valence-electron chi connectivity index (χ0n) is 17.9. The van der Waals surface area contributed by atoms with E-state index in [1.165, 1.54) is 11.3 Å². The molecule has 9 heteroatoms. The molecule has 32 heavy (non-hydrogen) atoms. The molecule has 0 aliphatic carbocycles. The molecule has 3 aromatic heterocycles. The molecule has 1 aromatic carbocycles. The second kappa shape index (κ2) is 7.90. The molecule has 5 rings (SSSR count). The molecule has 0 radical (unpaired) electrons. The van der Waals surface area contributed by atoms with Crippen molar-refractivity contribution in [3.8, 4) is 0 Å². The van der Waals surface area contributed by atoms with E-state index < -0.39 is 11.8 Å². The summed E-state index contributed by atoms with van der Waals surface area (Å²) >= 11 is 1.19. The number of aryl methyl sites for hydroxylation is 3. The third-order valence-corrected chi connectivity index (χ3v) is 7.23. The zero-order valence-corrected chi connectivity index (χ0v) is 18.7. The van der Waals surface area contributed by atoms with Gasteiger partial charge in [-0.25, -0.2) is 4.98 Å². The van der Waals surface area contributed by atoms with Crippen LogP contribution in [0.5, 0.6) is 0 Å². The van der Waals surface area contributed by atoms with E-state index in [9.17, 15) is 14.4 Å². The van der Waals surface area contributed by atoms with Crippen LogP contribution in [0.3, 0.4) is 0 Å². The summed E-state index contributed by atoms with van der Waals surface area (Å²) in [6.45, 7) is 2.42. The zero-order chi connectivity index (χ0) is 22.4. The first-order chi connectivity index (χ1) is 15.5. The van der Waals surface area contributed by atoms with E-state index in [-0.39, 0.29) is 5.56 Å². The highest BCUT2D eigenvalue weighted by Crippen LogP contribution is 2.28. The Balaban J connectivity index is 1.41. The Labute approximate surface area is 187 Å². The quantitative estimate of drug-likeness (QED) is 0.460. The second-order valence-corrected chi connectivity index (χ2v) is 9.11. The van der Waals surface area contributed by atoms with Gasteiger partial charge in [0.2, 0.25) is 0 Å². The lowest BCUT2D eigenvalue weighted by Crippen LogP contribution is -2.41. The Morgan fingerprint density at radius 3 is 2.72 bits per heavy atom. The summed E-state index contributed by atoms with van der Waals surface area (Å²) in [5.41, 5.74) is 6.91. The summed E-state index contributed by atoms with van der Waals surface area (Å²) in [5, 5.41) is 1.30. The summed E-state index contributed by atoms with van der Waals surface area (Å²) in [6, 6.07) is 7.57. The van der Waals surface area contributed by atoms with Gasteiger partial charge in [0, 0.05) is 37.1 Å². The normalized spacial score (nSPS) is 13.7. The van der Waals surface area contributed by atoms with Crippen molar-refractivity contribution in [2.75, 3.05) is 0 Å². The molecule has 0 saturated carbocycles. The molecule has 1 aliphatic heterocycles. The van der Waals surface area contributed by atoms with Crippen molar-refractivity contribution < 1.29 is 9.59 Å². The fourth-order valence-electron chi connectivity index (χ4n) is 4.39. The second-order valence-electron chi connectivity index (χ2n) is 8.11. The molecule has 0 spiro atoms. The van der Waals surface area contributed by atoms with Gasteiger partial charge in [0.1, 0.15) is 10.7 Å². The first kappa shape index (κ1) is 20.4. The molecule has 8 nitrogen and oxygen atoms in total. The molecular weight excluding hydrogens is 426 g/mol. The lowest BCUT2D eigenvalue weighted by atomic mass is 10.2. The number of amides is 2. The van der Waals surface area contributed by atoms with Crippen molar-refractivity contribution in [3.63, 3.8) is 0 Å². The average Bonchev–Trinajstić information content (AvgIpc) is 3.18. The molecule has 0 fully saturated rings. The third kappa shape index (κ3) is 3.29. The van der Waals surface area contributed by atoms with E-state index in [0.717, 1.165) is 42.4 Å². The van der Waals surface area contributed by atoms with E-state index in [1.807, 2.05) is 35.9 Å². The van der Waals surface area contributed by atoms with E-state index in [0.29, 0.717) is 32.8 Å². The van der Waals surface area contributed by atoms with Crippen LogP contribution >= 0.6 is 11.3 Å². The van der Waals surface area contributed by atoms with Crippen molar-refractivity contribution in [2.45, 2.75) is 39.2 Å². The fourth-order valence-corrected chi connectivity index (χ4v) is 5.47. The molecule has 0 atom stereocenters. The lowest BCUT2D eigenvalue weighted by molar-refractivity contribution is 0.0849. The van der Waals surface area contributed by atoms with Gasteiger partial charge in [0.15, 0.2) is 0 Å². The van der Waals surface area contributed by atoms with Crippen LogP contribution in [0.2, 0.25) is 0 Å². The van der Waals surface area contributed by atoms with Crippen LogP contribution in [-0.2, 0) is 20.0 Å². The number of nitrogens with zero attached hydrogens (tertiary/aromatic N) is 3. The summed E-state index contributed by atoms with van der Waals surface area (Å²) < 4.78 is 3.62. The predicted octanol–water partition coefficient (Wildman–Crippen LogP) is 3.06. The van der Waals surface area contributed by atoms with Crippen LogP contribution < -0.4 is 16.4 Å². The largest absolute Gasteiger partial charge is 0.350 e. The summed E-state index contributed by atoms with van der Waals surface area (Å²) in [6.07, 6.45) is 5.55. The highest BCUT2D eigenvalue weighted by molar-refractivity contribution is 7.20. The number of hydrogen-bond donors (Lipinski definition) is 2. The minimum Gasteiger partial charge on any atom is -0.350 e. The van der Waals surface area contributed by atoms with Crippen molar-refractivity contribution >= 4 is 44.3 Å². The van der Waals surface area contributed by atoms with E-state index in [1.54, 1.807) is 17.7 Å². The molecular formula is C23H23N5O3S. The number of carbonyl (C=O) groups excluding carboxylic acids is 2. The molecule has 0 saturated heterocycles. The molecule has 1 aliphatic rings. The van der Waals surface area contributed by atoms with Gasteiger partial charge in [-0.3, -0.25) is 29.8 Å². The average molecular weight is 450 g/mol. The molecule has 2 amide bonds.